The zero-order valence-corrected chi connectivity index (χ0v) is 16.7. The number of thiazole rings is 1. The first-order valence-electron chi connectivity index (χ1n) is 8.98. The van der Waals surface area contributed by atoms with Crippen molar-refractivity contribution in [3.63, 3.8) is 0 Å². The third-order valence-corrected chi connectivity index (χ3v) is 5.35. The van der Waals surface area contributed by atoms with Gasteiger partial charge in [0.1, 0.15) is 0 Å². The van der Waals surface area contributed by atoms with Gasteiger partial charge in [0.25, 0.3) is 0 Å². The fraction of sp³-hybridized carbons (Fsp3) is 0.350. The van der Waals surface area contributed by atoms with Gasteiger partial charge in [-0.15, -0.1) is 0 Å². The van der Waals surface area contributed by atoms with Crippen LogP contribution in [0.4, 0.5) is 0 Å². The monoisotopic (exact) mass is 384 g/mol. The Balaban J connectivity index is 1.47. The summed E-state index contributed by atoms with van der Waals surface area (Å²) in [5, 5.41) is 9.22. The lowest BCUT2D eigenvalue weighted by molar-refractivity contribution is -0.121. The van der Waals surface area contributed by atoms with E-state index in [1.165, 1.54) is 11.3 Å². The quantitative estimate of drug-likeness (QED) is 0.681. The van der Waals surface area contributed by atoms with Crippen LogP contribution in [0.5, 0.6) is 0 Å². The molecule has 142 valence electrons. The summed E-state index contributed by atoms with van der Waals surface area (Å²) in [5.74, 6) is -0.0354. The molecule has 2 heterocycles. The third kappa shape index (κ3) is 4.74. The van der Waals surface area contributed by atoms with Gasteiger partial charge in [0.15, 0.2) is 0 Å². The maximum absolute atomic E-state index is 12.0. The molecule has 0 radical (unpaired) electrons. The van der Waals surface area contributed by atoms with Crippen LogP contribution in [0.3, 0.4) is 0 Å². The van der Waals surface area contributed by atoms with Crippen LogP contribution >= 0.6 is 11.3 Å². The van der Waals surface area contributed by atoms with E-state index < -0.39 is 0 Å². The van der Waals surface area contributed by atoms with E-state index in [9.17, 15) is 9.59 Å². The summed E-state index contributed by atoms with van der Waals surface area (Å²) >= 11 is 1.17. The van der Waals surface area contributed by atoms with Gasteiger partial charge < -0.3 is 9.88 Å². The topological polar surface area (TPSA) is 68.9 Å². The number of nitrogens with zero attached hydrogens (tertiary/aromatic N) is 3. The molecule has 0 saturated heterocycles. The molecule has 0 aliphatic carbocycles. The van der Waals surface area contributed by atoms with E-state index in [1.54, 1.807) is 4.57 Å². The molecule has 0 saturated carbocycles. The normalized spacial score (nSPS) is 10.9. The number of rotatable bonds is 7. The van der Waals surface area contributed by atoms with Crippen LogP contribution in [0.25, 0.3) is 5.69 Å². The second-order valence-corrected chi connectivity index (χ2v) is 7.47. The van der Waals surface area contributed by atoms with Gasteiger partial charge in [0.05, 0.1) is 11.4 Å². The van der Waals surface area contributed by atoms with Gasteiger partial charge >= 0.3 is 4.87 Å². The van der Waals surface area contributed by atoms with E-state index in [0.717, 1.165) is 34.8 Å². The zero-order valence-electron chi connectivity index (χ0n) is 15.9. The van der Waals surface area contributed by atoms with Crippen molar-refractivity contribution in [3.05, 3.63) is 68.0 Å². The predicted octanol–water partition coefficient (Wildman–Crippen LogP) is 2.77. The SMILES string of the molecule is Cc1cc(C)n(-c2ccc(CCNC(=O)CCn3c(C)csc3=O)cc2)n1. The predicted molar refractivity (Wildman–Crippen MR) is 108 cm³/mol. The molecule has 0 bridgehead atoms. The van der Waals surface area contributed by atoms with E-state index in [0.29, 0.717) is 19.5 Å². The Labute approximate surface area is 162 Å². The standard InChI is InChI=1S/C20H24N4O2S/c1-14-12-15(2)24(22-14)18-6-4-17(5-7-18)8-10-21-19(25)9-11-23-16(3)13-27-20(23)26/h4-7,12-13H,8-11H2,1-3H3,(H,21,25). The van der Waals surface area contributed by atoms with Gasteiger partial charge in [-0.25, -0.2) is 4.68 Å². The number of aryl methyl sites for hydroxylation is 3. The summed E-state index contributed by atoms with van der Waals surface area (Å²) in [6.07, 6.45) is 1.08. The second kappa shape index (κ2) is 8.35. The van der Waals surface area contributed by atoms with Gasteiger partial charge in [0.2, 0.25) is 5.91 Å². The van der Waals surface area contributed by atoms with Crippen molar-refractivity contribution in [3.8, 4) is 5.69 Å². The number of amides is 1. The van der Waals surface area contributed by atoms with Crippen molar-refractivity contribution >= 4 is 17.2 Å². The molecule has 3 rings (SSSR count). The molecule has 27 heavy (non-hydrogen) atoms. The number of carbonyl (C=O) groups excluding carboxylic acids is 1. The van der Waals surface area contributed by atoms with E-state index in [1.807, 2.05) is 43.0 Å². The highest BCUT2D eigenvalue weighted by Gasteiger charge is 2.07. The van der Waals surface area contributed by atoms with Crippen molar-refractivity contribution in [2.24, 2.45) is 0 Å². The first-order valence-corrected chi connectivity index (χ1v) is 9.86. The summed E-state index contributed by atoms with van der Waals surface area (Å²) in [7, 11) is 0. The summed E-state index contributed by atoms with van der Waals surface area (Å²) in [6, 6.07) is 10.3. The highest BCUT2D eigenvalue weighted by molar-refractivity contribution is 7.07. The zero-order chi connectivity index (χ0) is 19.4. The van der Waals surface area contributed by atoms with Crippen molar-refractivity contribution in [1.82, 2.24) is 19.7 Å². The molecule has 6 nitrogen and oxygen atoms in total. The number of nitrogens with one attached hydrogen (secondary N) is 1. The minimum atomic E-state index is -0.0354. The van der Waals surface area contributed by atoms with Gasteiger partial charge in [-0.05, 0) is 51.0 Å². The Hall–Kier alpha value is -2.67. The number of hydrogen-bond donors (Lipinski definition) is 1. The van der Waals surface area contributed by atoms with Crippen LogP contribution < -0.4 is 10.2 Å². The van der Waals surface area contributed by atoms with E-state index in [-0.39, 0.29) is 10.8 Å². The van der Waals surface area contributed by atoms with Gasteiger partial charge in [-0.3, -0.25) is 9.59 Å². The molecule has 0 atom stereocenters. The minimum Gasteiger partial charge on any atom is -0.356 e. The summed E-state index contributed by atoms with van der Waals surface area (Å²) in [4.78, 5) is 23.6. The number of carbonyl (C=O) groups is 1. The van der Waals surface area contributed by atoms with Crippen LogP contribution in [0.1, 0.15) is 29.1 Å². The van der Waals surface area contributed by atoms with Crippen LogP contribution in [0.15, 0.2) is 40.5 Å². The Bertz CT molecular complexity index is 982. The Morgan fingerprint density at radius 3 is 2.48 bits per heavy atom. The van der Waals surface area contributed by atoms with Crippen LogP contribution in [0, 0.1) is 20.8 Å². The minimum absolute atomic E-state index is 0.0111. The smallest absolute Gasteiger partial charge is 0.307 e. The molecule has 0 aliphatic rings. The number of aromatic nitrogens is 3. The lowest BCUT2D eigenvalue weighted by Crippen LogP contribution is -2.28. The first-order chi connectivity index (χ1) is 12.9. The van der Waals surface area contributed by atoms with E-state index in [2.05, 4.69) is 28.6 Å². The Kier molecular flexibility index (Phi) is 5.91. The molecule has 0 unspecified atom stereocenters. The van der Waals surface area contributed by atoms with Crippen LogP contribution in [-0.4, -0.2) is 26.8 Å². The maximum Gasteiger partial charge on any atom is 0.307 e. The lowest BCUT2D eigenvalue weighted by atomic mass is 10.1. The molecule has 1 aromatic carbocycles. The van der Waals surface area contributed by atoms with Crippen molar-refractivity contribution in [2.75, 3.05) is 6.54 Å². The molecule has 2 aromatic heterocycles. The second-order valence-electron chi connectivity index (χ2n) is 6.65. The van der Waals surface area contributed by atoms with E-state index in [4.69, 9.17) is 0 Å². The summed E-state index contributed by atoms with van der Waals surface area (Å²) in [6.45, 7) is 6.91. The molecule has 7 heteroatoms. The maximum atomic E-state index is 12.0. The molecule has 0 spiro atoms. The Morgan fingerprint density at radius 1 is 1.15 bits per heavy atom. The summed E-state index contributed by atoms with van der Waals surface area (Å²) in [5.41, 5.74) is 5.20. The average Bonchev–Trinajstić information content (AvgIpc) is 3.14. The van der Waals surface area contributed by atoms with Crippen LogP contribution in [0.2, 0.25) is 0 Å². The number of benzene rings is 1. The molecule has 3 aromatic rings. The molecule has 1 amide bonds. The van der Waals surface area contributed by atoms with Crippen molar-refractivity contribution in [2.45, 2.75) is 40.2 Å². The van der Waals surface area contributed by atoms with Crippen LogP contribution in [-0.2, 0) is 17.8 Å². The van der Waals surface area contributed by atoms with Gasteiger partial charge in [0, 0.05) is 36.3 Å². The first kappa shape index (κ1) is 19.1. The molecule has 1 N–H and O–H groups in total. The largest absolute Gasteiger partial charge is 0.356 e. The lowest BCUT2D eigenvalue weighted by Gasteiger charge is -2.08. The highest BCUT2D eigenvalue weighted by atomic mass is 32.1. The highest BCUT2D eigenvalue weighted by Crippen LogP contribution is 2.13. The fourth-order valence-electron chi connectivity index (χ4n) is 3.02. The Morgan fingerprint density at radius 2 is 1.89 bits per heavy atom. The molecular weight excluding hydrogens is 360 g/mol. The summed E-state index contributed by atoms with van der Waals surface area (Å²) < 4.78 is 3.57. The molecule has 0 fully saturated rings. The third-order valence-electron chi connectivity index (χ3n) is 4.47. The average molecular weight is 385 g/mol. The molecule has 0 aliphatic heterocycles. The van der Waals surface area contributed by atoms with Gasteiger partial charge in [-0.1, -0.05) is 23.5 Å². The van der Waals surface area contributed by atoms with Crippen molar-refractivity contribution in [1.29, 1.82) is 0 Å². The van der Waals surface area contributed by atoms with Gasteiger partial charge in [-0.2, -0.15) is 5.10 Å². The number of hydrogen-bond acceptors (Lipinski definition) is 4. The fourth-order valence-corrected chi connectivity index (χ4v) is 3.78. The van der Waals surface area contributed by atoms with Crippen molar-refractivity contribution < 1.29 is 4.79 Å². The molecular formula is C20H24N4O2S. The van der Waals surface area contributed by atoms with E-state index >= 15 is 0 Å².